The molecule has 2 fully saturated rings. The van der Waals surface area contributed by atoms with Gasteiger partial charge in [0, 0.05) is 6.42 Å². The first-order valence-electron chi connectivity index (χ1n) is 33.1. The van der Waals surface area contributed by atoms with E-state index < -0.39 is 86.8 Å². The number of amides is 1. The predicted molar refractivity (Wildman–Crippen MR) is 350 cm³/mol. The predicted octanol–water partition coefficient (Wildman–Crippen LogP) is 12.9. The zero-order valence-electron chi connectivity index (χ0n) is 52.7. The van der Waals surface area contributed by atoms with Crippen molar-refractivity contribution in [3.05, 3.63) is 146 Å². The van der Waals surface area contributed by atoms with Gasteiger partial charge in [0.1, 0.15) is 48.8 Å². The third-order valence-corrected chi connectivity index (χ3v) is 15.1. The van der Waals surface area contributed by atoms with Crippen LogP contribution in [0.4, 0.5) is 0 Å². The summed E-state index contributed by atoms with van der Waals surface area (Å²) in [4.78, 5) is 13.3. The Bertz CT molecular complexity index is 2000. The van der Waals surface area contributed by atoms with Crippen LogP contribution < -0.4 is 5.32 Å². The number of rotatable bonds is 51. The number of nitrogens with one attached hydrogen (secondary N) is 1. The molecule has 488 valence electrons. The fourth-order valence-electron chi connectivity index (χ4n) is 9.81. The van der Waals surface area contributed by atoms with Crippen molar-refractivity contribution in [2.45, 2.75) is 280 Å². The highest BCUT2D eigenvalue weighted by Gasteiger charge is 2.51. The van der Waals surface area contributed by atoms with Crippen molar-refractivity contribution in [3.63, 3.8) is 0 Å². The first-order chi connectivity index (χ1) is 42.1. The molecular weight excluding hydrogens is 1090 g/mol. The molecule has 0 radical (unpaired) electrons. The average Bonchev–Trinajstić information content (AvgIpc) is 2.76. The first-order valence-corrected chi connectivity index (χ1v) is 33.1. The molecule has 2 aliphatic heterocycles. The van der Waals surface area contributed by atoms with Gasteiger partial charge in [0.2, 0.25) is 5.91 Å². The second-order valence-corrected chi connectivity index (χ2v) is 22.5. The minimum Gasteiger partial charge on any atom is -0.394 e. The maximum Gasteiger partial charge on any atom is 0.220 e. The fraction of sp³-hybridized carbons (Fsp3) is 0.653. The Morgan fingerprint density at radius 2 is 0.802 bits per heavy atom. The molecule has 0 aromatic carbocycles. The van der Waals surface area contributed by atoms with Gasteiger partial charge in [-0.3, -0.25) is 4.79 Å². The van der Waals surface area contributed by atoms with E-state index in [2.05, 4.69) is 165 Å². The lowest BCUT2D eigenvalue weighted by molar-refractivity contribution is -0.359. The largest absolute Gasteiger partial charge is 0.394 e. The summed E-state index contributed by atoms with van der Waals surface area (Å²) in [6.45, 7) is 2.69. The number of aliphatic hydroxyl groups excluding tert-OH is 8. The zero-order valence-corrected chi connectivity index (χ0v) is 52.7. The smallest absolute Gasteiger partial charge is 0.220 e. The van der Waals surface area contributed by atoms with Crippen LogP contribution in [0.25, 0.3) is 0 Å². The normalized spacial score (nSPS) is 24.4. The molecule has 14 nitrogen and oxygen atoms in total. The summed E-state index contributed by atoms with van der Waals surface area (Å²) in [7, 11) is 0. The average molecular weight is 1200 g/mol. The van der Waals surface area contributed by atoms with Gasteiger partial charge >= 0.3 is 0 Å². The van der Waals surface area contributed by atoms with Crippen LogP contribution in [0.5, 0.6) is 0 Å². The van der Waals surface area contributed by atoms with E-state index in [4.69, 9.17) is 18.9 Å². The van der Waals surface area contributed by atoms with Crippen molar-refractivity contribution in [1.82, 2.24) is 5.32 Å². The first kappa shape index (κ1) is 78.0. The molecule has 0 spiro atoms. The van der Waals surface area contributed by atoms with E-state index in [1.165, 1.54) is 57.8 Å². The highest BCUT2D eigenvalue weighted by Crippen LogP contribution is 2.30. The molecule has 9 N–H and O–H groups in total. The minimum absolute atomic E-state index is 0.239. The molecule has 2 saturated heterocycles. The van der Waals surface area contributed by atoms with Crippen molar-refractivity contribution in [2.75, 3.05) is 19.8 Å². The summed E-state index contributed by atoms with van der Waals surface area (Å²) in [6.07, 6.45) is 65.8. The summed E-state index contributed by atoms with van der Waals surface area (Å²) in [5.74, 6) is -0.256. The van der Waals surface area contributed by atoms with E-state index in [-0.39, 0.29) is 18.9 Å². The second-order valence-electron chi connectivity index (χ2n) is 22.5. The van der Waals surface area contributed by atoms with Crippen molar-refractivity contribution < 1.29 is 64.6 Å². The van der Waals surface area contributed by atoms with Gasteiger partial charge in [0.15, 0.2) is 12.6 Å². The molecule has 0 aliphatic carbocycles. The number of allylic oxidation sites excluding steroid dienone is 24. The number of hydrogen-bond acceptors (Lipinski definition) is 13. The highest BCUT2D eigenvalue weighted by atomic mass is 16.7. The lowest BCUT2D eigenvalue weighted by Gasteiger charge is -2.46. The third kappa shape index (κ3) is 39.0. The number of aliphatic hydroxyl groups is 8. The summed E-state index contributed by atoms with van der Waals surface area (Å²) >= 11 is 0. The molecule has 0 bridgehead atoms. The van der Waals surface area contributed by atoms with E-state index in [0.29, 0.717) is 12.8 Å². The van der Waals surface area contributed by atoms with Crippen LogP contribution in [-0.2, 0) is 23.7 Å². The maximum atomic E-state index is 13.3. The molecule has 1 amide bonds. The Morgan fingerprint density at radius 3 is 1.21 bits per heavy atom. The summed E-state index contributed by atoms with van der Waals surface area (Å²) in [5.41, 5.74) is 0. The SMILES string of the molecule is CC/C=C\C/C=C\C/C=C\C/C=C\C/C=C\C/C=C\C/C=C\C/C=C\C/C=C\C/C=C\C/C=C\C/C=C\CCCCC(=O)NC(COC1OC(CO)C(OC2OC(CO)C(O)C(O)C2O)C(O)C1O)C(O)CCCCCCCCCCCCCCC. The highest BCUT2D eigenvalue weighted by molar-refractivity contribution is 5.76. The molecule has 0 aromatic rings. The van der Waals surface area contributed by atoms with Gasteiger partial charge in [0.05, 0.1) is 32.0 Å². The third-order valence-electron chi connectivity index (χ3n) is 15.1. The summed E-state index contributed by atoms with van der Waals surface area (Å²) in [6, 6.07) is -0.862. The van der Waals surface area contributed by atoms with Gasteiger partial charge in [-0.25, -0.2) is 0 Å². The molecule has 12 unspecified atom stereocenters. The quantitative estimate of drug-likeness (QED) is 0.0204. The number of hydrogen-bond donors (Lipinski definition) is 9. The number of carbonyl (C=O) groups excluding carboxylic acids is 1. The van der Waals surface area contributed by atoms with E-state index in [1.807, 2.05) is 0 Å². The monoisotopic (exact) mass is 1200 g/mol. The van der Waals surface area contributed by atoms with Crippen LogP contribution in [0.2, 0.25) is 0 Å². The maximum absolute atomic E-state index is 13.3. The van der Waals surface area contributed by atoms with Gasteiger partial charge in [-0.15, -0.1) is 0 Å². The molecule has 0 aromatic heterocycles. The molecule has 2 heterocycles. The van der Waals surface area contributed by atoms with Crippen LogP contribution in [0.1, 0.15) is 206 Å². The second kappa shape index (κ2) is 55.0. The topological polar surface area (TPSA) is 228 Å². The van der Waals surface area contributed by atoms with Crippen LogP contribution in [0, 0.1) is 0 Å². The molecule has 0 saturated carbocycles. The molecule has 2 rings (SSSR count). The standard InChI is InChI=1S/C72H117NO13/c1-3-5-7-9-11-13-15-17-18-19-20-21-22-23-24-25-26-27-28-29-30-31-32-33-34-35-36-37-38-39-40-41-42-44-46-48-50-52-54-56-64(77)73-60(61(76)55-53-51-49-47-45-43-16-14-12-10-8-6-4-2)59-83-71-69(82)67(80)70(63(58-75)85-71)86-72-68(81)66(79)65(78)62(57-74)84-72/h5,7,11,13,17-18,20-21,23-24,26-27,29-30,32-33,35-36,38-39,41-42,46,48,60-63,65-72,74-76,78-82H,3-4,6,8-10,12,14-16,19,22,25,28,31,34,37,40,43-45,47,49-59H2,1-2H3,(H,73,77)/b7-5-,13-11-,18-17-,21-20-,24-23-,27-26-,30-29-,33-32-,36-35-,39-38-,42-41-,48-46-. The Labute approximate surface area is 519 Å². The fourth-order valence-corrected chi connectivity index (χ4v) is 9.81. The van der Waals surface area contributed by atoms with E-state index in [0.717, 1.165) is 116 Å². The van der Waals surface area contributed by atoms with Crippen molar-refractivity contribution >= 4 is 5.91 Å². The van der Waals surface area contributed by atoms with E-state index in [9.17, 15) is 45.6 Å². The van der Waals surface area contributed by atoms with Crippen molar-refractivity contribution in [1.29, 1.82) is 0 Å². The lowest BCUT2D eigenvalue weighted by Crippen LogP contribution is -2.65. The van der Waals surface area contributed by atoms with Crippen LogP contribution >= 0.6 is 0 Å². The molecule has 2 aliphatic rings. The Morgan fingerprint density at radius 1 is 0.430 bits per heavy atom. The van der Waals surface area contributed by atoms with E-state index >= 15 is 0 Å². The number of unbranched alkanes of at least 4 members (excludes halogenated alkanes) is 14. The molecular formula is C72H117NO13. The lowest BCUT2D eigenvalue weighted by atomic mass is 9.97. The van der Waals surface area contributed by atoms with Crippen LogP contribution in [-0.4, -0.2) is 140 Å². The summed E-state index contributed by atoms with van der Waals surface area (Å²) < 4.78 is 22.8. The van der Waals surface area contributed by atoms with Gasteiger partial charge < -0.3 is 65.1 Å². The van der Waals surface area contributed by atoms with Gasteiger partial charge in [-0.05, 0) is 103 Å². The minimum atomic E-state index is -1.79. The Hall–Kier alpha value is -4.13. The molecule has 86 heavy (non-hydrogen) atoms. The van der Waals surface area contributed by atoms with Crippen molar-refractivity contribution in [3.8, 4) is 0 Å². The van der Waals surface area contributed by atoms with E-state index in [1.54, 1.807) is 0 Å². The van der Waals surface area contributed by atoms with Gasteiger partial charge in [-0.2, -0.15) is 0 Å². The van der Waals surface area contributed by atoms with Crippen molar-refractivity contribution in [2.24, 2.45) is 0 Å². The zero-order chi connectivity index (χ0) is 62.3. The number of ether oxygens (including phenoxy) is 4. The van der Waals surface area contributed by atoms with Crippen LogP contribution in [0.3, 0.4) is 0 Å². The van der Waals surface area contributed by atoms with Crippen LogP contribution in [0.15, 0.2) is 146 Å². The Kier molecular flexibility index (Phi) is 49.8. The number of carbonyl (C=O) groups is 1. The van der Waals surface area contributed by atoms with Gasteiger partial charge in [-0.1, -0.05) is 243 Å². The molecule has 12 atom stereocenters. The summed E-state index contributed by atoms with van der Waals surface area (Å²) in [5, 5.41) is 87.2. The Balaban J connectivity index is 1.67. The molecule has 14 heteroatoms. The van der Waals surface area contributed by atoms with Gasteiger partial charge in [0.25, 0.3) is 0 Å².